The Morgan fingerprint density at radius 1 is 1.04 bits per heavy atom. The number of hydrogen-bond acceptors (Lipinski definition) is 4. The van der Waals surface area contributed by atoms with Gasteiger partial charge in [0, 0.05) is 18.0 Å². The molecule has 0 spiro atoms. The number of ether oxygens (including phenoxy) is 1. The molecular weight excluding hydrogens is 340 g/mol. The summed E-state index contributed by atoms with van der Waals surface area (Å²) in [5, 5.41) is 2.77. The molecule has 7 heteroatoms. The summed E-state index contributed by atoms with van der Waals surface area (Å²) >= 11 is 0. The number of amides is 1. The number of carbonyl (C=O) groups excluding carboxylic acids is 1. The molecule has 1 aliphatic rings. The van der Waals surface area contributed by atoms with E-state index in [0.29, 0.717) is 18.0 Å². The number of sulfonamides is 1. The molecule has 1 unspecified atom stereocenters. The standard InChI is InChI=1S/C18H20N2O4S/c1-13-4-10-16(11-5-13)25(22,23)20-15-8-6-14(7-9-15)19-18(21)17-3-2-12-24-17/h4-11,17,20H,2-3,12H2,1H3,(H,19,21). The van der Waals surface area contributed by atoms with Gasteiger partial charge in [0.25, 0.3) is 15.9 Å². The van der Waals surface area contributed by atoms with Crippen LogP contribution in [-0.4, -0.2) is 27.0 Å². The number of carbonyl (C=O) groups is 1. The van der Waals surface area contributed by atoms with Gasteiger partial charge >= 0.3 is 0 Å². The summed E-state index contributed by atoms with van der Waals surface area (Å²) in [5.41, 5.74) is 2.01. The Morgan fingerprint density at radius 3 is 2.28 bits per heavy atom. The van der Waals surface area contributed by atoms with Gasteiger partial charge in [0.05, 0.1) is 4.90 Å². The van der Waals surface area contributed by atoms with Gasteiger partial charge in [-0.3, -0.25) is 9.52 Å². The average molecular weight is 360 g/mol. The van der Waals surface area contributed by atoms with Crippen molar-refractivity contribution in [1.29, 1.82) is 0 Å². The Hall–Kier alpha value is -2.38. The van der Waals surface area contributed by atoms with E-state index in [-0.39, 0.29) is 10.8 Å². The molecular formula is C18H20N2O4S. The summed E-state index contributed by atoms with van der Waals surface area (Å²) in [6.45, 7) is 2.51. The van der Waals surface area contributed by atoms with E-state index in [1.165, 1.54) is 0 Å². The molecule has 2 aromatic rings. The van der Waals surface area contributed by atoms with Crippen LogP contribution in [0.15, 0.2) is 53.4 Å². The molecule has 132 valence electrons. The van der Waals surface area contributed by atoms with Crippen molar-refractivity contribution in [2.24, 2.45) is 0 Å². The molecule has 1 aliphatic heterocycles. The molecule has 0 radical (unpaired) electrons. The number of anilines is 2. The first kappa shape index (κ1) is 17.4. The Labute approximate surface area is 147 Å². The normalized spacial score (nSPS) is 17.2. The highest BCUT2D eigenvalue weighted by molar-refractivity contribution is 7.92. The third-order valence-corrected chi connectivity index (χ3v) is 5.36. The molecule has 25 heavy (non-hydrogen) atoms. The molecule has 2 N–H and O–H groups in total. The number of rotatable bonds is 5. The lowest BCUT2D eigenvalue weighted by atomic mass is 10.2. The van der Waals surface area contributed by atoms with Crippen molar-refractivity contribution in [3.63, 3.8) is 0 Å². The minimum atomic E-state index is -3.64. The third kappa shape index (κ3) is 4.37. The van der Waals surface area contributed by atoms with Crippen LogP contribution in [-0.2, 0) is 19.6 Å². The largest absolute Gasteiger partial charge is 0.368 e. The minimum Gasteiger partial charge on any atom is -0.368 e. The molecule has 1 atom stereocenters. The van der Waals surface area contributed by atoms with Crippen LogP contribution in [0.5, 0.6) is 0 Å². The molecule has 0 bridgehead atoms. The van der Waals surface area contributed by atoms with E-state index in [0.717, 1.165) is 18.4 Å². The summed E-state index contributed by atoms with van der Waals surface area (Å²) in [4.78, 5) is 12.2. The van der Waals surface area contributed by atoms with Gasteiger partial charge in [-0.25, -0.2) is 8.42 Å². The summed E-state index contributed by atoms with van der Waals surface area (Å²) in [7, 11) is -3.64. The smallest absolute Gasteiger partial charge is 0.261 e. The number of aryl methyl sites for hydroxylation is 1. The van der Waals surface area contributed by atoms with Gasteiger partial charge in [-0.15, -0.1) is 0 Å². The van der Waals surface area contributed by atoms with Crippen molar-refractivity contribution >= 4 is 27.3 Å². The Balaban J connectivity index is 1.65. The molecule has 1 amide bonds. The van der Waals surface area contributed by atoms with Crippen LogP contribution in [0.4, 0.5) is 11.4 Å². The zero-order valence-electron chi connectivity index (χ0n) is 13.9. The minimum absolute atomic E-state index is 0.175. The maximum absolute atomic E-state index is 12.4. The number of hydrogen-bond donors (Lipinski definition) is 2. The van der Waals surface area contributed by atoms with Crippen LogP contribution in [0.2, 0.25) is 0 Å². The first-order valence-electron chi connectivity index (χ1n) is 8.06. The maximum Gasteiger partial charge on any atom is 0.261 e. The maximum atomic E-state index is 12.4. The molecule has 1 saturated heterocycles. The first-order chi connectivity index (χ1) is 11.9. The monoisotopic (exact) mass is 360 g/mol. The molecule has 3 rings (SSSR count). The van der Waals surface area contributed by atoms with E-state index in [1.54, 1.807) is 48.5 Å². The van der Waals surface area contributed by atoms with Crippen LogP contribution in [0.1, 0.15) is 18.4 Å². The van der Waals surface area contributed by atoms with E-state index < -0.39 is 16.1 Å². The zero-order chi connectivity index (χ0) is 17.9. The first-order valence-corrected chi connectivity index (χ1v) is 9.54. The van der Waals surface area contributed by atoms with Crippen molar-refractivity contribution in [3.05, 3.63) is 54.1 Å². The summed E-state index contributed by atoms with van der Waals surface area (Å²) < 4.78 is 32.6. The zero-order valence-corrected chi connectivity index (χ0v) is 14.7. The number of nitrogens with one attached hydrogen (secondary N) is 2. The average Bonchev–Trinajstić information content (AvgIpc) is 3.11. The predicted octanol–water partition coefficient (Wildman–Crippen LogP) is 2.91. The van der Waals surface area contributed by atoms with Crippen molar-refractivity contribution in [2.75, 3.05) is 16.6 Å². The van der Waals surface area contributed by atoms with E-state index >= 15 is 0 Å². The van der Waals surface area contributed by atoms with E-state index in [2.05, 4.69) is 10.0 Å². The summed E-state index contributed by atoms with van der Waals surface area (Å²) in [6, 6.07) is 13.1. The topological polar surface area (TPSA) is 84.5 Å². The highest BCUT2D eigenvalue weighted by Crippen LogP contribution is 2.20. The molecule has 2 aromatic carbocycles. The van der Waals surface area contributed by atoms with Gasteiger partial charge in [-0.2, -0.15) is 0 Å². The molecule has 6 nitrogen and oxygen atoms in total. The molecule has 1 heterocycles. The third-order valence-electron chi connectivity index (χ3n) is 3.96. The van der Waals surface area contributed by atoms with Crippen molar-refractivity contribution in [1.82, 2.24) is 0 Å². The highest BCUT2D eigenvalue weighted by atomic mass is 32.2. The lowest BCUT2D eigenvalue weighted by Gasteiger charge is -2.12. The Morgan fingerprint density at radius 2 is 1.68 bits per heavy atom. The molecule has 0 aromatic heterocycles. The Kier molecular flexibility index (Phi) is 5.06. The fraction of sp³-hybridized carbons (Fsp3) is 0.278. The van der Waals surface area contributed by atoms with Crippen molar-refractivity contribution in [2.45, 2.75) is 30.8 Å². The Bertz CT molecular complexity index is 840. The molecule has 1 fully saturated rings. The predicted molar refractivity (Wildman–Crippen MR) is 96.0 cm³/mol. The lowest BCUT2D eigenvalue weighted by molar-refractivity contribution is -0.124. The van der Waals surface area contributed by atoms with E-state index in [4.69, 9.17) is 4.74 Å². The second-order valence-corrected chi connectivity index (χ2v) is 7.67. The van der Waals surface area contributed by atoms with Gasteiger partial charge in [0.15, 0.2) is 0 Å². The second kappa shape index (κ2) is 7.25. The van der Waals surface area contributed by atoms with Gasteiger partial charge in [0.1, 0.15) is 6.10 Å². The lowest BCUT2D eigenvalue weighted by Crippen LogP contribution is -2.26. The molecule has 0 saturated carbocycles. The van der Waals surface area contributed by atoms with Gasteiger partial charge in [-0.05, 0) is 56.2 Å². The van der Waals surface area contributed by atoms with Crippen LogP contribution in [0.25, 0.3) is 0 Å². The van der Waals surface area contributed by atoms with E-state index in [1.807, 2.05) is 6.92 Å². The van der Waals surface area contributed by atoms with Crippen LogP contribution in [0, 0.1) is 6.92 Å². The van der Waals surface area contributed by atoms with Gasteiger partial charge in [-0.1, -0.05) is 17.7 Å². The van der Waals surface area contributed by atoms with Crippen LogP contribution >= 0.6 is 0 Å². The van der Waals surface area contributed by atoms with Crippen molar-refractivity contribution < 1.29 is 17.9 Å². The number of benzene rings is 2. The quantitative estimate of drug-likeness (QED) is 0.859. The summed E-state index contributed by atoms with van der Waals surface area (Å²) in [5.74, 6) is -0.175. The van der Waals surface area contributed by atoms with Gasteiger partial charge in [0.2, 0.25) is 0 Å². The molecule has 0 aliphatic carbocycles. The van der Waals surface area contributed by atoms with Crippen LogP contribution < -0.4 is 10.0 Å². The van der Waals surface area contributed by atoms with Crippen LogP contribution in [0.3, 0.4) is 0 Å². The highest BCUT2D eigenvalue weighted by Gasteiger charge is 2.23. The second-order valence-electron chi connectivity index (χ2n) is 5.99. The van der Waals surface area contributed by atoms with E-state index in [9.17, 15) is 13.2 Å². The van der Waals surface area contributed by atoms with Crippen molar-refractivity contribution in [3.8, 4) is 0 Å². The summed E-state index contributed by atoms with van der Waals surface area (Å²) in [6.07, 6.45) is 1.21. The SMILES string of the molecule is Cc1ccc(S(=O)(=O)Nc2ccc(NC(=O)C3CCCO3)cc2)cc1. The fourth-order valence-electron chi connectivity index (χ4n) is 2.56. The fourth-order valence-corrected chi connectivity index (χ4v) is 3.62. The van der Waals surface area contributed by atoms with Gasteiger partial charge < -0.3 is 10.1 Å².